The topological polar surface area (TPSA) is 79.2 Å². The van der Waals surface area contributed by atoms with Crippen molar-refractivity contribution >= 4 is 23.3 Å². The van der Waals surface area contributed by atoms with Crippen molar-refractivity contribution in [3.63, 3.8) is 0 Å². The van der Waals surface area contributed by atoms with Gasteiger partial charge in [0.2, 0.25) is 0 Å². The SMILES string of the molecule is CCOC(=O)C1=NN(c2ccccc2)[C@](C)(C(=O)O)C1. The minimum Gasteiger partial charge on any atom is -0.479 e. The van der Waals surface area contributed by atoms with Gasteiger partial charge in [0, 0.05) is 6.42 Å². The van der Waals surface area contributed by atoms with Gasteiger partial charge in [-0.1, -0.05) is 18.2 Å². The second-order valence-electron chi connectivity index (χ2n) is 4.67. The summed E-state index contributed by atoms with van der Waals surface area (Å²) in [7, 11) is 0. The number of benzene rings is 1. The Morgan fingerprint density at radius 3 is 2.60 bits per heavy atom. The molecule has 0 bridgehead atoms. The Balaban J connectivity index is 2.39. The summed E-state index contributed by atoms with van der Waals surface area (Å²) in [5.41, 5.74) is -0.541. The van der Waals surface area contributed by atoms with E-state index in [1.54, 1.807) is 31.2 Å². The zero-order valence-corrected chi connectivity index (χ0v) is 11.4. The van der Waals surface area contributed by atoms with E-state index in [1.807, 2.05) is 6.07 Å². The third-order valence-corrected chi connectivity index (χ3v) is 3.17. The largest absolute Gasteiger partial charge is 0.479 e. The Morgan fingerprint density at radius 1 is 1.40 bits per heavy atom. The highest BCUT2D eigenvalue weighted by atomic mass is 16.5. The van der Waals surface area contributed by atoms with Crippen LogP contribution in [-0.4, -0.2) is 34.9 Å². The summed E-state index contributed by atoms with van der Waals surface area (Å²) in [6.45, 7) is 3.46. The third kappa shape index (κ3) is 2.36. The molecule has 1 aromatic rings. The molecule has 2 rings (SSSR count). The molecular weight excluding hydrogens is 260 g/mol. The number of hydrogen-bond acceptors (Lipinski definition) is 5. The van der Waals surface area contributed by atoms with Crippen LogP contribution in [0.3, 0.4) is 0 Å². The molecule has 0 aromatic heterocycles. The summed E-state index contributed by atoms with van der Waals surface area (Å²) in [6.07, 6.45) is 0.00998. The number of aliphatic carboxylic acids is 1. The lowest BCUT2D eigenvalue weighted by Gasteiger charge is -2.29. The van der Waals surface area contributed by atoms with E-state index in [4.69, 9.17) is 4.74 Å². The van der Waals surface area contributed by atoms with Gasteiger partial charge < -0.3 is 9.84 Å². The maximum Gasteiger partial charge on any atom is 0.354 e. The lowest BCUT2D eigenvalue weighted by atomic mass is 9.95. The van der Waals surface area contributed by atoms with Crippen LogP contribution in [0.25, 0.3) is 0 Å². The molecule has 0 radical (unpaired) electrons. The van der Waals surface area contributed by atoms with E-state index >= 15 is 0 Å². The number of nitrogens with zero attached hydrogens (tertiary/aromatic N) is 2. The van der Waals surface area contributed by atoms with Crippen LogP contribution >= 0.6 is 0 Å². The standard InChI is InChI=1S/C14H16N2O4/c1-3-20-12(17)11-9-14(2,13(18)19)16(15-11)10-7-5-4-6-8-10/h4-8H,3,9H2,1-2H3,(H,18,19)/t14-/m0/s1. The van der Waals surface area contributed by atoms with Gasteiger partial charge in [0.1, 0.15) is 5.71 Å². The summed E-state index contributed by atoms with van der Waals surface area (Å²) in [6, 6.07) is 8.90. The molecule has 1 aromatic carbocycles. The second-order valence-corrected chi connectivity index (χ2v) is 4.67. The quantitative estimate of drug-likeness (QED) is 0.846. The van der Waals surface area contributed by atoms with Gasteiger partial charge in [0.15, 0.2) is 5.54 Å². The van der Waals surface area contributed by atoms with Gasteiger partial charge in [0.25, 0.3) is 0 Å². The molecule has 0 saturated carbocycles. The Bertz CT molecular complexity index is 556. The van der Waals surface area contributed by atoms with E-state index in [0.717, 1.165) is 0 Å². The maximum atomic E-state index is 11.8. The molecule has 0 saturated heterocycles. The maximum absolute atomic E-state index is 11.8. The van der Waals surface area contributed by atoms with Crippen molar-refractivity contribution in [3.05, 3.63) is 30.3 Å². The number of carbonyl (C=O) groups excluding carboxylic acids is 1. The summed E-state index contributed by atoms with van der Waals surface area (Å²) < 4.78 is 4.89. The number of ether oxygens (including phenoxy) is 1. The minimum absolute atomic E-state index is 0.00998. The molecular formula is C14H16N2O4. The average molecular weight is 276 g/mol. The first-order chi connectivity index (χ1) is 9.49. The van der Waals surface area contributed by atoms with Gasteiger partial charge in [-0.05, 0) is 26.0 Å². The first-order valence-electron chi connectivity index (χ1n) is 6.32. The van der Waals surface area contributed by atoms with Crippen LogP contribution < -0.4 is 5.01 Å². The molecule has 0 unspecified atom stereocenters. The number of esters is 1. The number of para-hydroxylation sites is 1. The molecule has 106 valence electrons. The molecule has 0 aliphatic carbocycles. The first-order valence-corrected chi connectivity index (χ1v) is 6.32. The van der Waals surface area contributed by atoms with Crippen molar-refractivity contribution in [1.29, 1.82) is 0 Å². The van der Waals surface area contributed by atoms with Crippen LogP contribution in [0.15, 0.2) is 35.4 Å². The van der Waals surface area contributed by atoms with E-state index in [0.29, 0.717) is 5.69 Å². The van der Waals surface area contributed by atoms with Crippen LogP contribution in [0, 0.1) is 0 Å². The smallest absolute Gasteiger partial charge is 0.354 e. The van der Waals surface area contributed by atoms with Crippen LogP contribution in [0.5, 0.6) is 0 Å². The van der Waals surface area contributed by atoms with Crippen molar-refractivity contribution in [3.8, 4) is 0 Å². The molecule has 20 heavy (non-hydrogen) atoms. The number of anilines is 1. The fourth-order valence-corrected chi connectivity index (χ4v) is 2.07. The first kappa shape index (κ1) is 14.0. The Hall–Kier alpha value is -2.37. The van der Waals surface area contributed by atoms with Gasteiger partial charge in [-0.2, -0.15) is 5.10 Å². The van der Waals surface area contributed by atoms with Crippen LogP contribution in [-0.2, 0) is 14.3 Å². The molecule has 6 heteroatoms. The van der Waals surface area contributed by atoms with Gasteiger partial charge in [0.05, 0.1) is 12.3 Å². The van der Waals surface area contributed by atoms with Crippen molar-refractivity contribution < 1.29 is 19.4 Å². The average Bonchev–Trinajstić information content (AvgIpc) is 2.80. The van der Waals surface area contributed by atoms with E-state index < -0.39 is 17.5 Å². The summed E-state index contributed by atoms with van der Waals surface area (Å²) in [5, 5.41) is 15.0. The number of hydrazone groups is 1. The Kier molecular flexibility index (Phi) is 3.74. The fraction of sp³-hybridized carbons (Fsp3) is 0.357. The molecule has 0 amide bonds. The molecule has 0 fully saturated rings. The highest BCUT2D eigenvalue weighted by Crippen LogP contribution is 2.33. The number of carboxylic acid groups (broad SMARTS) is 1. The summed E-state index contributed by atoms with van der Waals surface area (Å²) >= 11 is 0. The third-order valence-electron chi connectivity index (χ3n) is 3.17. The van der Waals surface area contributed by atoms with Gasteiger partial charge >= 0.3 is 11.9 Å². The van der Waals surface area contributed by atoms with E-state index in [-0.39, 0.29) is 18.7 Å². The van der Waals surface area contributed by atoms with E-state index in [1.165, 1.54) is 11.9 Å². The normalized spacial score (nSPS) is 21.5. The molecule has 1 atom stereocenters. The monoisotopic (exact) mass is 276 g/mol. The fourth-order valence-electron chi connectivity index (χ4n) is 2.07. The lowest BCUT2D eigenvalue weighted by molar-refractivity contribution is -0.142. The summed E-state index contributed by atoms with van der Waals surface area (Å²) in [4.78, 5) is 23.3. The van der Waals surface area contributed by atoms with Crippen LogP contribution in [0.4, 0.5) is 5.69 Å². The van der Waals surface area contributed by atoms with Gasteiger partial charge in [-0.3, -0.25) is 0 Å². The second kappa shape index (κ2) is 5.32. The number of carboxylic acids is 1. The highest BCUT2D eigenvalue weighted by Gasteiger charge is 2.48. The highest BCUT2D eigenvalue weighted by molar-refractivity contribution is 6.38. The Labute approximate surface area is 116 Å². The zero-order valence-electron chi connectivity index (χ0n) is 11.4. The predicted octanol–water partition coefficient (Wildman–Crippen LogP) is 1.66. The number of carbonyl (C=O) groups is 2. The molecule has 6 nitrogen and oxygen atoms in total. The lowest BCUT2D eigenvalue weighted by Crippen LogP contribution is -2.47. The molecule has 1 heterocycles. The van der Waals surface area contributed by atoms with Crippen molar-refractivity contribution in [2.75, 3.05) is 11.6 Å². The number of hydrogen-bond donors (Lipinski definition) is 1. The van der Waals surface area contributed by atoms with Crippen LogP contribution in [0.1, 0.15) is 20.3 Å². The molecule has 1 aliphatic heterocycles. The molecule has 1 N–H and O–H groups in total. The predicted molar refractivity (Wildman–Crippen MR) is 73.6 cm³/mol. The zero-order chi connectivity index (χ0) is 14.8. The van der Waals surface area contributed by atoms with Gasteiger partial charge in [-0.25, -0.2) is 14.6 Å². The van der Waals surface area contributed by atoms with Crippen LogP contribution in [0.2, 0.25) is 0 Å². The van der Waals surface area contributed by atoms with E-state index in [9.17, 15) is 14.7 Å². The van der Waals surface area contributed by atoms with Crippen molar-refractivity contribution in [2.24, 2.45) is 5.10 Å². The van der Waals surface area contributed by atoms with Crippen molar-refractivity contribution in [1.82, 2.24) is 0 Å². The van der Waals surface area contributed by atoms with Crippen molar-refractivity contribution in [2.45, 2.75) is 25.8 Å². The van der Waals surface area contributed by atoms with Gasteiger partial charge in [-0.15, -0.1) is 0 Å². The molecule has 1 aliphatic rings. The summed E-state index contributed by atoms with van der Waals surface area (Å²) in [5.74, 6) is -1.61. The Morgan fingerprint density at radius 2 is 2.05 bits per heavy atom. The molecule has 0 spiro atoms. The van der Waals surface area contributed by atoms with E-state index in [2.05, 4.69) is 5.10 Å². The minimum atomic E-state index is -1.29. The number of rotatable bonds is 4.